The molecule has 0 aliphatic carbocycles. The fourth-order valence-electron chi connectivity index (χ4n) is 0.689. The van der Waals surface area contributed by atoms with Gasteiger partial charge < -0.3 is 0 Å². The SMILES string of the molecule is [2H]/C(C=O)=C\c1ccc(Br)cc1. The van der Waals surface area contributed by atoms with E-state index in [0.717, 1.165) is 10.0 Å². The van der Waals surface area contributed by atoms with E-state index < -0.39 is 0 Å². The number of aldehydes is 1. The molecule has 0 atom stereocenters. The van der Waals surface area contributed by atoms with Gasteiger partial charge in [0.15, 0.2) is 0 Å². The summed E-state index contributed by atoms with van der Waals surface area (Å²) in [5.41, 5.74) is 0.857. The smallest absolute Gasteiger partial charge is 0.142 e. The van der Waals surface area contributed by atoms with Crippen LogP contribution in [0.2, 0.25) is 0 Å². The van der Waals surface area contributed by atoms with Crippen molar-refractivity contribution in [1.82, 2.24) is 0 Å². The summed E-state index contributed by atoms with van der Waals surface area (Å²) in [6, 6.07) is 7.38. The van der Waals surface area contributed by atoms with Gasteiger partial charge in [-0.25, -0.2) is 0 Å². The fourth-order valence-corrected chi connectivity index (χ4v) is 0.954. The molecule has 0 bridgehead atoms. The molecule has 0 heterocycles. The van der Waals surface area contributed by atoms with Crippen molar-refractivity contribution in [3.63, 3.8) is 0 Å². The van der Waals surface area contributed by atoms with E-state index in [2.05, 4.69) is 15.9 Å². The average molecular weight is 212 g/mol. The summed E-state index contributed by atoms with van der Waals surface area (Å²) < 4.78 is 8.08. The number of hydrogen-bond donors (Lipinski definition) is 0. The Morgan fingerprint density at radius 1 is 1.36 bits per heavy atom. The molecule has 0 saturated heterocycles. The third-order valence-electron chi connectivity index (χ3n) is 1.19. The molecule has 0 aliphatic rings. The molecule has 0 saturated carbocycles. The molecule has 2 heteroatoms. The van der Waals surface area contributed by atoms with Crippen LogP contribution in [0.5, 0.6) is 0 Å². The molecule has 11 heavy (non-hydrogen) atoms. The van der Waals surface area contributed by atoms with Gasteiger partial charge in [0.05, 0.1) is 1.37 Å². The molecule has 0 aliphatic heterocycles. The van der Waals surface area contributed by atoms with E-state index in [-0.39, 0.29) is 6.05 Å². The Morgan fingerprint density at radius 3 is 2.55 bits per heavy atom. The molecular weight excluding hydrogens is 204 g/mol. The van der Waals surface area contributed by atoms with Crippen molar-refractivity contribution in [2.24, 2.45) is 0 Å². The molecule has 0 N–H and O–H groups in total. The van der Waals surface area contributed by atoms with Crippen LogP contribution in [-0.4, -0.2) is 6.29 Å². The quantitative estimate of drug-likeness (QED) is 0.544. The van der Waals surface area contributed by atoms with E-state index >= 15 is 0 Å². The van der Waals surface area contributed by atoms with Gasteiger partial charge in [-0.1, -0.05) is 34.1 Å². The molecule has 0 aromatic heterocycles. The van der Waals surface area contributed by atoms with Crippen LogP contribution in [0.1, 0.15) is 6.93 Å². The number of carbonyl (C=O) groups excluding carboxylic acids is 1. The molecule has 0 spiro atoms. The van der Waals surface area contributed by atoms with Gasteiger partial charge in [-0.2, -0.15) is 0 Å². The van der Waals surface area contributed by atoms with Crippen molar-refractivity contribution in [3.05, 3.63) is 40.4 Å². The molecule has 1 aromatic rings. The first-order valence-corrected chi connectivity index (χ1v) is 3.91. The fraction of sp³-hybridized carbons (Fsp3) is 0. The molecule has 0 radical (unpaired) electrons. The summed E-state index contributed by atoms with van der Waals surface area (Å²) in [4.78, 5) is 10.1. The predicted octanol–water partition coefficient (Wildman–Crippen LogP) is 2.66. The van der Waals surface area contributed by atoms with Crippen molar-refractivity contribution in [3.8, 4) is 0 Å². The highest BCUT2D eigenvalue weighted by Crippen LogP contribution is 2.10. The van der Waals surface area contributed by atoms with Gasteiger partial charge in [0.1, 0.15) is 6.29 Å². The van der Waals surface area contributed by atoms with Gasteiger partial charge in [-0.15, -0.1) is 0 Å². The lowest BCUT2D eigenvalue weighted by Gasteiger charge is -1.91. The summed E-state index contributed by atoms with van der Waals surface area (Å²) in [5, 5.41) is 0. The number of allylic oxidation sites excluding steroid dienone is 1. The number of carbonyl (C=O) groups is 1. The first-order valence-electron chi connectivity index (χ1n) is 3.61. The van der Waals surface area contributed by atoms with Crippen LogP contribution in [0.15, 0.2) is 34.8 Å². The van der Waals surface area contributed by atoms with Crippen LogP contribution in [0, 0.1) is 0 Å². The van der Waals surface area contributed by atoms with Gasteiger partial charge in [0, 0.05) is 4.47 Å². The van der Waals surface area contributed by atoms with E-state index in [4.69, 9.17) is 1.37 Å². The Labute approximate surface area is 75.3 Å². The van der Waals surface area contributed by atoms with Gasteiger partial charge in [0.2, 0.25) is 0 Å². The summed E-state index contributed by atoms with van der Waals surface area (Å²) in [6.07, 6.45) is 2.03. The third-order valence-corrected chi connectivity index (χ3v) is 1.72. The second kappa shape index (κ2) is 4.09. The Kier molecular flexibility index (Phi) is 2.52. The third kappa shape index (κ3) is 2.68. The Hall–Kier alpha value is -0.890. The molecule has 1 rings (SSSR count). The minimum absolute atomic E-state index is 0.0164. The number of hydrogen-bond acceptors (Lipinski definition) is 1. The van der Waals surface area contributed by atoms with Crippen molar-refractivity contribution < 1.29 is 6.17 Å². The van der Waals surface area contributed by atoms with Gasteiger partial charge >= 0.3 is 0 Å². The van der Waals surface area contributed by atoms with E-state index in [9.17, 15) is 4.79 Å². The van der Waals surface area contributed by atoms with Crippen LogP contribution < -0.4 is 0 Å². The van der Waals surface area contributed by atoms with E-state index in [1.54, 1.807) is 0 Å². The van der Waals surface area contributed by atoms with Gasteiger partial charge in [-0.3, -0.25) is 4.79 Å². The minimum atomic E-state index is -0.0164. The standard InChI is InChI=1S/C9H7BrO/c10-9-5-3-8(4-6-9)2-1-7-11/h1-7H/b2-1+/i1D. The van der Waals surface area contributed by atoms with Crippen molar-refractivity contribution in [2.45, 2.75) is 0 Å². The van der Waals surface area contributed by atoms with E-state index in [1.165, 1.54) is 6.08 Å². The van der Waals surface area contributed by atoms with Crippen molar-refractivity contribution in [2.75, 3.05) is 0 Å². The Bertz CT molecular complexity index is 303. The molecule has 1 aromatic carbocycles. The molecule has 0 fully saturated rings. The first kappa shape index (κ1) is 6.80. The first-order chi connectivity index (χ1) is 5.72. The number of benzene rings is 1. The summed E-state index contributed by atoms with van der Waals surface area (Å²) in [6.45, 7) is 0. The van der Waals surface area contributed by atoms with Gasteiger partial charge in [-0.05, 0) is 23.7 Å². The lowest BCUT2D eigenvalue weighted by Crippen LogP contribution is -1.70. The normalized spacial score (nSPS) is 12.5. The van der Waals surface area contributed by atoms with Crippen molar-refractivity contribution in [1.29, 1.82) is 0 Å². The summed E-state index contributed by atoms with van der Waals surface area (Å²) in [5.74, 6) is 0. The average Bonchev–Trinajstić information content (AvgIpc) is 2.09. The largest absolute Gasteiger partial charge is 0.299 e. The molecular formula is C9H7BrO. The van der Waals surface area contributed by atoms with E-state index in [1.807, 2.05) is 24.3 Å². The highest BCUT2D eigenvalue weighted by Gasteiger charge is 1.85. The maximum absolute atomic E-state index is 10.1. The predicted molar refractivity (Wildman–Crippen MR) is 49.2 cm³/mol. The van der Waals surface area contributed by atoms with Crippen molar-refractivity contribution >= 4 is 28.3 Å². The topological polar surface area (TPSA) is 17.1 Å². The molecule has 0 unspecified atom stereocenters. The Balaban J connectivity index is 2.91. The second-order valence-corrected chi connectivity index (χ2v) is 2.90. The molecule has 1 nitrogen and oxygen atoms in total. The van der Waals surface area contributed by atoms with E-state index in [0.29, 0.717) is 6.29 Å². The lowest BCUT2D eigenvalue weighted by molar-refractivity contribution is -0.104. The lowest BCUT2D eigenvalue weighted by atomic mass is 10.2. The van der Waals surface area contributed by atoms with Crippen LogP contribution in [0.3, 0.4) is 0 Å². The highest BCUT2D eigenvalue weighted by molar-refractivity contribution is 9.10. The molecule has 56 valence electrons. The zero-order valence-electron chi connectivity index (χ0n) is 6.75. The number of halogens is 1. The van der Waals surface area contributed by atoms with Crippen LogP contribution >= 0.6 is 15.9 Å². The summed E-state index contributed by atoms with van der Waals surface area (Å²) in [7, 11) is 0. The zero-order chi connectivity index (χ0) is 8.97. The minimum Gasteiger partial charge on any atom is -0.299 e. The zero-order valence-corrected chi connectivity index (χ0v) is 7.34. The maximum atomic E-state index is 10.1. The van der Waals surface area contributed by atoms with Crippen LogP contribution in [-0.2, 0) is 4.79 Å². The second-order valence-electron chi connectivity index (χ2n) is 1.98. The Morgan fingerprint density at radius 2 is 2.00 bits per heavy atom. The number of rotatable bonds is 2. The summed E-state index contributed by atoms with van der Waals surface area (Å²) >= 11 is 3.29. The molecule has 0 amide bonds. The van der Waals surface area contributed by atoms with Crippen LogP contribution in [0.4, 0.5) is 0 Å². The van der Waals surface area contributed by atoms with Crippen LogP contribution in [0.25, 0.3) is 6.08 Å². The monoisotopic (exact) mass is 211 g/mol. The van der Waals surface area contributed by atoms with Gasteiger partial charge in [0.25, 0.3) is 0 Å². The highest BCUT2D eigenvalue weighted by atomic mass is 79.9. The maximum Gasteiger partial charge on any atom is 0.142 e.